The van der Waals surface area contributed by atoms with Gasteiger partial charge in [-0.15, -0.1) is 0 Å². The topological polar surface area (TPSA) is 131 Å². The normalized spacial score (nSPS) is 16.4. The number of aromatic nitrogens is 4. The molecule has 0 fully saturated rings. The maximum absolute atomic E-state index is 13.7. The first-order valence-electron chi connectivity index (χ1n) is 12.3. The van der Waals surface area contributed by atoms with Crippen LogP contribution in [0.1, 0.15) is 51.2 Å². The second-order valence-corrected chi connectivity index (χ2v) is 12.3. The molecule has 1 amide bonds. The number of pyridine rings is 1. The Kier molecular flexibility index (Phi) is 6.34. The molecule has 198 valence electrons. The summed E-state index contributed by atoms with van der Waals surface area (Å²) in [6, 6.07) is 8.20. The summed E-state index contributed by atoms with van der Waals surface area (Å²) in [5, 5.41) is 14.2. The van der Waals surface area contributed by atoms with E-state index >= 15 is 0 Å². The van der Waals surface area contributed by atoms with Crippen molar-refractivity contribution in [1.29, 1.82) is 0 Å². The maximum Gasteiger partial charge on any atom is 0.407 e. The van der Waals surface area contributed by atoms with Crippen LogP contribution >= 0.6 is 0 Å². The zero-order valence-corrected chi connectivity index (χ0v) is 22.4. The molecule has 1 N–H and O–H groups in total. The molecule has 3 aromatic heterocycles. The summed E-state index contributed by atoms with van der Waals surface area (Å²) < 4.78 is 34.0. The molecule has 0 saturated carbocycles. The summed E-state index contributed by atoms with van der Waals surface area (Å²) in [4.78, 5) is 22.5. The number of fused-ring (bicyclic) bond motifs is 1. The lowest BCUT2D eigenvalue weighted by molar-refractivity contribution is 0.0679. The molecule has 4 aromatic rings. The molecule has 0 saturated heterocycles. The maximum atomic E-state index is 13.7. The smallest absolute Gasteiger partial charge is 0.407 e. The number of allylic oxidation sites excluding steroid dienone is 1. The van der Waals surface area contributed by atoms with Crippen LogP contribution in [0, 0.1) is 6.92 Å². The monoisotopic (exact) mass is 535 g/mol. The van der Waals surface area contributed by atoms with Crippen molar-refractivity contribution in [2.75, 3.05) is 0 Å². The summed E-state index contributed by atoms with van der Waals surface area (Å²) in [6.45, 7) is 7.54. The first kappa shape index (κ1) is 25.7. The minimum Gasteiger partial charge on any atom is -0.465 e. The predicted molar refractivity (Wildman–Crippen MR) is 142 cm³/mol. The number of rotatable bonds is 5. The van der Waals surface area contributed by atoms with Gasteiger partial charge >= 0.3 is 6.09 Å². The van der Waals surface area contributed by atoms with Crippen molar-refractivity contribution in [1.82, 2.24) is 24.0 Å². The van der Waals surface area contributed by atoms with Crippen LogP contribution in [0.25, 0.3) is 28.1 Å². The molecule has 0 bridgehead atoms. The number of aryl methyl sites for hydroxylation is 1. The van der Waals surface area contributed by atoms with Gasteiger partial charge in [-0.3, -0.25) is 0 Å². The van der Waals surface area contributed by atoms with Gasteiger partial charge in [0.05, 0.1) is 10.5 Å². The van der Waals surface area contributed by atoms with Crippen molar-refractivity contribution < 1.29 is 22.8 Å². The second-order valence-electron chi connectivity index (χ2n) is 10.4. The Hall–Kier alpha value is -3.99. The van der Waals surface area contributed by atoms with Crippen molar-refractivity contribution >= 4 is 32.7 Å². The summed E-state index contributed by atoms with van der Waals surface area (Å²) in [5.41, 5.74) is 2.70. The molecule has 1 aliphatic carbocycles. The highest BCUT2D eigenvalue weighted by atomic mass is 32.2. The van der Waals surface area contributed by atoms with Gasteiger partial charge in [0.1, 0.15) is 0 Å². The van der Waals surface area contributed by atoms with Crippen LogP contribution in [-0.2, 0) is 10.0 Å². The summed E-state index contributed by atoms with van der Waals surface area (Å²) in [6.07, 6.45) is 7.25. The molecule has 1 aliphatic rings. The predicted octanol–water partition coefficient (Wildman–Crippen LogP) is 5.35. The van der Waals surface area contributed by atoms with E-state index in [0.29, 0.717) is 30.2 Å². The first-order valence-corrected chi connectivity index (χ1v) is 13.7. The van der Waals surface area contributed by atoms with Crippen molar-refractivity contribution in [2.24, 2.45) is 0 Å². The Balaban J connectivity index is 1.68. The Morgan fingerprint density at radius 3 is 2.50 bits per heavy atom. The van der Waals surface area contributed by atoms with E-state index < -0.39 is 21.7 Å². The van der Waals surface area contributed by atoms with Crippen LogP contribution in [0.4, 0.5) is 4.79 Å². The molecule has 10 nitrogen and oxygen atoms in total. The molecule has 1 atom stereocenters. The molecule has 1 unspecified atom stereocenters. The van der Waals surface area contributed by atoms with Gasteiger partial charge in [-0.25, -0.2) is 22.2 Å². The van der Waals surface area contributed by atoms with Crippen molar-refractivity contribution in [2.45, 2.75) is 63.4 Å². The molecule has 0 radical (unpaired) electrons. The standard InChI is InChI=1S/C27H29N5O5S/c1-17-8-10-20(11-9-17)38(35,36)31-15-22(25-29-16-30-37-25)23-21(12-13-28-24(23)31)18-6-5-7-19(14-18)32(26(33)34)27(2,3)4/h6,8-13,15-16,19H,5,7,14H2,1-4H3,(H,33,34). The van der Waals surface area contributed by atoms with Gasteiger partial charge in [-0.05, 0) is 76.3 Å². The zero-order chi connectivity index (χ0) is 27.2. The zero-order valence-electron chi connectivity index (χ0n) is 21.6. The van der Waals surface area contributed by atoms with Crippen LogP contribution in [0.15, 0.2) is 64.5 Å². The van der Waals surface area contributed by atoms with E-state index in [1.807, 2.05) is 33.8 Å². The Morgan fingerprint density at radius 2 is 1.87 bits per heavy atom. The molecule has 1 aromatic carbocycles. The molecular weight excluding hydrogens is 506 g/mol. The minimum absolute atomic E-state index is 0.128. The minimum atomic E-state index is -4.00. The Labute approximate surface area is 220 Å². The third-order valence-corrected chi connectivity index (χ3v) is 8.48. The average Bonchev–Trinajstić information content (AvgIpc) is 3.52. The number of carbonyl (C=O) groups is 1. The molecular formula is C27H29N5O5S. The fourth-order valence-electron chi connectivity index (χ4n) is 5.18. The lowest BCUT2D eigenvalue weighted by Crippen LogP contribution is -2.51. The van der Waals surface area contributed by atoms with E-state index in [2.05, 4.69) is 21.2 Å². The number of amides is 1. The third-order valence-electron chi connectivity index (χ3n) is 6.81. The molecule has 11 heteroatoms. The Bertz CT molecular complexity index is 1630. The molecule has 0 aliphatic heterocycles. The van der Waals surface area contributed by atoms with Gasteiger partial charge in [-0.1, -0.05) is 28.9 Å². The highest BCUT2D eigenvalue weighted by molar-refractivity contribution is 7.90. The fourth-order valence-corrected chi connectivity index (χ4v) is 6.49. The quantitative estimate of drug-likeness (QED) is 0.362. The van der Waals surface area contributed by atoms with Crippen molar-refractivity contribution in [3.05, 3.63) is 66.3 Å². The number of carboxylic acid groups (broad SMARTS) is 1. The van der Waals surface area contributed by atoms with Crippen LogP contribution in [0.5, 0.6) is 0 Å². The average molecular weight is 536 g/mol. The lowest BCUT2D eigenvalue weighted by atomic mass is 9.86. The first-order chi connectivity index (χ1) is 18.0. The van der Waals surface area contributed by atoms with Crippen LogP contribution in [-0.4, -0.2) is 55.2 Å². The van der Waals surface area contributed by atoms with Crippen molar-refractivity contribution in [3.8, 4) is 11.5 Å². The van der Waals surface area contributed by atoms with Gasteiger partial charge in [0.25, 0.3) is 15.9 Å². The van der Waals surface area contributed by atoms with Crippen LogP contribution in [0.3, 0.4) is 0 Å². The number of hydrogen-bond acceptors (Lipinski definition) is 7. The fraction of sp³-hybridized carbons (Fsp3) is 0.333. The van der Waals surface area contributed by atoms with Gasteiger partial charge in [0.15, 0.2) is 12.0 Å². The number of benzene rings is 1. The number of nitrogens with zero attached hydrogens (tertiary/aromatic N) is 5. The third kappa shape index (κ3) is 4.47. The number of hydrogen-bond donors (Lipinski definition) is 1. The van der Waals surface area contributed by atoms with E-state index in [1.54, 1.807) is 30.5 Å². The molecule has 38 heavy (non-hydrogen) atoms. The molecule has 3 heterocycles. The largest absolute Gasteiger partial charge is 0.465 e. The summed E-state index contributed by atoms with van der Waals surface area (Å²) in [5.74, 6) is 0.164. The lowest BCUT2D eigenvalue weighted by Gasteiger charge is -2.41. The van der Waals surface area contributed by atoms with Gasteiger partial charge in [0.2, 0.25) is 0 Å². The highest BCUT2D eigenvalue weighted by Crippen LogP contribution is 2.40. The molecule has 5 rings (SSSR count). The van der Waals surface area contributed by atoms with E-state index in [1.165, 1.54) is 17.4 Å². The summed E-state index contributed by atoms with van der Waals surface area (Å²) >= 11 is 0. The summed E-state index contributed by atoms with van der Waals surface area (Å²) in [7, 11) is -4.00. The second kappa shape index (κ2) is 9.39. The van der Waals surface area contributed by atoms with Crippen LogP contribution < -0.4 is 0 Å². The van der Waals surface area contributed by atoms with Crippen LogP contribution in [0.2, 0.25) is 0 Å². The van der Waals surface area contributed by atoms with Crippen molar-refractivity contribution in [3.63, 3.8) is 0 Å². The van der Waals surface area contributed by atoms with Gasteiger partial charge in [0, 0.05) is 29.4 Å². The Morgan fingerprint density at radius 1 is 1.13 bits per heavy atom. The molecule has 0 spiro atoms. The van der Waals surface area contributed by atoms with Gasteiger partial charge < -0.3 is 14.5 Å². The van der Waals surface area contributed by atoms with Gasteiger partial charge in [-0.2, -0.15) is 4.98 Å². The SMILES string of the molecule is Cc1ccc(S(=O)(=O)n2cc(-c3ncno3)c3c(C4=CCCC(N(C(=O)O)C(C)(C)C)C4)ccnc32)cc1. The van der Waals surface area contributed by atoms with E-state index in [0.717, 1.165) is 20.7 Å². The van der Waals surface area contributed by atoms with E-state index in [9.17, 15) is 18.3 Å². The highest BCUT2D eigenvalue weighted by Gasteiger charge is 2.35. The van der Waals surface area contributed by atoms with E-state index in [-0.39, 0.29) is 22.5 Å². The van der Waals surface area contributed by atoms with E-state index in [4.69, 9.17) is 4.52 Å².